The molecule has 0 spiro atoms. The third kappa shape index (κ3) is 38.4. The molecule has 0 aromatic carbocycles. The Hall–Kier alpha value is 0.290. The van der Waals surface area contributed by atoms with Gasteiger partial charge in [-0.15, -0.1) is 0 Å². The third-order valence-electron chi connectivity index (χ3n) is 7.82. The van der Waals surface area contributed by atoms with Crippen LogP contribution in [0.15, 0.2) is 0 Å². The first-order valence-corrected chi connectivity index (χ1v) is 20.2. The number of nitrogens with zero attached hydrogens (tertiary/aromatic N) is 1. The largest absolute Gasteiger partial charge is 1.00 e. The van der Waals surface area contributed by atoms with Crippen LogP contribution in [0.2, 0.25) is 0 Å². The average molecular weight is 759 g/mol. The van der Waals surface area contributed by atoms with Crippen LogP contribution in [0.1, 0.15) is 142 Å². The maximum atomic E-state index is 12.1. The number of carbonyl (C=O) groups excluding carboxylic acids is 2. The summed E-state index contributed by atoms with van der Waals surface area (Å²) in [6, 6.07) is 0. The Morgan fingerprint density at radius 2 is 0.953 bits per heavy atom. The highest BCUT2D eigenvalue weighted by Gasteiger charge is 2.06. The van der Waals surface area contributed by atoms with Gasteiger partial charge in [-0.1, -0.05) is 125 Å². The number of carbonyl (C=O) groups is 2. The molecule has 0 fully saturated rings. The summed E-state index contributed by atoms with van der Waals surface area (Å²) in [5, 5.41) is 6.02. The van der Waals surface area contributed by atoms with Crippen LogP contribution in [-0.2, 0) is 9.59 Å². The lowest BCUT2D eigenvalue weighted by atomic mass is 10.0. The lowest BCUT2D eigenvalue weighted by Crippen LogP contribution is -3.09. The molecule has 1 atom stereocenters. The number of halogens is 1. The molecule has 0 rings (SSSR count). The Balaban J connectivity index is 0. The van der Waals surface area contributed by atoms with E-state index in [9.17, 15) is 9.59 Å². The van der Waals surface area contributed by atoms with Gasteiger partial charge in [0.25, 0.3) is 0 Å². The van der Waals surface area contributed by atoms with Crippen LogP contribution >= 0.6 is 21.6 Å². The Morgan fingerprint density at radius 3 is 1.37 bits per heavy atom. The first-order chi connectivity index (χ1) is 20.5. The molecular formula is C34H71IN4O2S2. The van der Waals surface area contributed by atoms with Gasteiger partial charge in [-0.2, -0.15) is 0 Å². The molecule has 0 bridgehead atoms. The minimum absolute atomic E-state index is 0. The summed E-state index contributed by atoms with van der Waals surface area (Å²) in [6.07, 6.45) is 27.2. The van der Waals surface area contributed by atoms with Gasteiger partial charge in [-0.05, 0) is 39.9 Å². The van der Waals surface area contributed by atoms with Crippen LogP contribution in [0.25, 0.3) is 0 Å². The molecule has 0 aliphatic carbocycles. The second-order valence-electron chi connectivity index (χ2n) is 12.5. The van der Waals surface area contributed by atoms with Gasteiger partial charge < -0.3 is 44.4 Å². The Bertz CT molecular complexity index is 603. The first-order valence-electron chi connectivity index (χ1n) is 17.7. The molecule has 0 radical (unpaired) electrons. The summed E-state index contributed by atoms with van der Waals surface area (Å²) in [5.41, 5.74) is 0. The number of hydrogen-bond donors (Lipinski definition) is 3. The summed E-state index contributed by atoms with van der Waals surface area (Å²) in [4.78, 5) is 27.5. The second-order valence-corrected chi connectivity index (χ2v) is 15.2. The number of hydrogen-bond acceptors (Lipinski definition) is 5. The molecule has 0 saturated heterocycles. The molecule has 0 aromatic heterocycles. The molecule has 9 heteroatoms. The zero-order chi connectivity index (χ0) is 30.9. The highest BCUT2D eigenvalue weighted by Crippen LogP contribution is 2.19. The fourth-order valence-electron chi connectivity index (χ4n) is 5.14. The Labute approximate surface area is 293 Å². The fourth-order valence-corrected chi connectivity index (χ4v) is 6.96. The van der Waals surface area contributed by atoms with E-state index in [1.165, 1.54) is 116 Å². The van der Waals surface area contributed by atoms with Crippen molar-refractivity contribution < 1.29 is 38.5 Å². The molecule has 0 heterocycles. The van der Waals surface area contributed by atoms with Gasteiger partial charge in [-0.3, -0.25) is 9.59 Å². The lowest BCUT2D eigenvalue weighted by Gasteiger charge is -2.13. The van der Waals surface area contributed by atoms with Crippen molar-refractivity contribution in [3.63, 3.8) is 0 Å². The normalized spacial score (nSPS) is 11.8. The maximum Gasteiger partial charge on any atom is 0.220 e. The van der Waals surface area contributed by atoms with Crippen molar-refractivity contribution in [3.8, 4) is 0 Å². The maximum absolute atomic E-state index is 12.1. The van der Waals surface area contributed by atoms with Crippen molar-refractivity contribution in [3.05, 3.63) is 0 Å². The predicted octanol–water partition coefficient (Wildman–Crippen LogP) is 3.89. The van der Waals surface area contributed by atoms with Crippen LogP contribution in [0, 0.1) is 0 Å². The van der Waals surface area contributed by atoms with Crippen LogP contribution in [0.3, 0.4) is 0 Å². The van der Waals surface area contributed by atoms with Gasteiger partial charge in [-0.25, -0.2) is 0 Å². The SMILES string of the molecule is CCCCCCCCCCCCCCCCCCC[NH+](C)CCCC(=O)NCCSSCCNC(=O)CCCN(C)C.[I-]. The molecule has 0 saturated carbocycles. The summed E-state index contributed by atoms with van der Waals surface area (Å²) < 4.78 is 0. The van der Waals surface area contributed by atoms with Crippen LogP contribution in [0.5, 0.6) is 0 Å². The van der Waals surface area contributed by atoms with Gasteiger partial charge in [0.2, 0.25) is 11.8 Å². The topological polar surface area (TPSA) is 65.9 Å². The molecule has 43 heavy (non-hydrogen) atoms. The number of unbranched alkanes of at least 4 members (excludes halogenated alkanes) is 16. The van der Waals surface area contributed by atoms with Crippen molar-refractivity contribution in [2.75, 3.05) is 65.4 Å². The van der Waals surface area contributed by atoms with Crippen molar-refractivity contribution >= 4 is 33.4 Å². The summed E-state index contributed by atoms with van der Waals surface area (Å²) in [7, 11) is 9.84. The smallest absolute Gasteiger partial charge is 0.220 e. The van der Waals surface area contributed by atoms with E-state index in [1.807, 2.05) is 14.1 Å². The standard InChI is InChI=1S/C34H70N4O2S2.HI/c1-5-6-7-8-9-10-11-12-13-14-15-16-17-18-19-20-21-29-38(4)30-23-25-34(40)36-27-32-42-41-31-26-35-33(39)24-22-28-37(2)3;/h5-32H2,1-4H3,(H,35,39)(H,36,40);1H. The monoisotopic (exact) mass is 758 g/mol. The first kappa shape index (κ1) is 45.4. The quantitative estimate of drug-likeness (QED) is 0.0539. The average Bonchev–Trinajstić information content (AvgIpc) is 2.95. The van der Waals surface area contributed by atoms with Crippen LogP contribution in [0.4, 0.5) is 0 Å². The second kappa shape index (κ2) is 36.8. The third-order valence-corrected chi connectivity index (χ3v) is 10.2. The van der Waals surface area contributed by atoms with Gasteiger partial charge in [0, 0.05) is 43.9 Å². The van der Waals surface area contributed by atoms with E-state index < -0.39 is 0 Å². The molecular weight excluding hydrogens is 687 g/mol. The predicted molar refractivity (Wildman–Crippen MR) is 189 cm³/mol. The number of quaternary nitrogens is 1. The van der Waals surface area contributed by atoms with Crippen LogP contribution in [-0.4, -0.2) is 82.1 Å². The zero-order valence-corrected chi connectivity index (χ0v) is 32.5. The van der Waals surface area contributed by atoms with Crippen molar-refractivity contribution in [1.82, 2.24) is 15.5 Å². The van der Waals surface area contributed by atoms with E-state index in [0.29, 0.717) is 19.4 Å². The van der Waals surface area contributed by atoms with E-state index in [4.69, 9.17) is 0 Å². The van der Waals surface area contributed by atoms with Crippen molar-refractivity contribution in [2.45, 2.75) is 142 Å². The molecule has 3 N–H and O–H groups in total. The Kier molecular flexibility index (Phi) is 38.8. The number of rotatable bonds is 33. The molecule has 258 valence electrons. The zero-order valence-electron chi connectivity index (χ0n) is 28.8. The van der Waals surface area contributed by atoms with Crippen LogP contribution < -0.4 is 39.5 Å². The minimum atomic E-state index is 0. The van der Waals surface area contributed by atoms with Gasteiger partial charge in [0.1, 0.15) is 0 Å². The van der Waals surface area contributed by atoms with Gasteiger partial charge in [0.05, 0.1) is 20.1 Å². The minimum Gasteiger partial charge on any atom is -1.00 e. The van der Waals surface area contributed by atoms with Crippen molar-refractivity contribution in [2.24, 2.45) is 0 Å². The summed E-state index contributed by atoms with van der Waals surface area (Å²) in [5.74, 6) is 2.11. The lowest BCUT2D eigenvalue weighted by molar-refractivity contribution is -0.880. The molecule has 0 aliphatic heterocycles. The van der Waals surface area contributed by atoms with E-state index in [-0.39, 0.29) is 35.8 Å². The molecule has 1 unspecified atom stereocenters. The summed E-state index contributed by atoms with van der Waals surface area (Å²) >= 11 is 0. The van der Waals surface area contributed by atoms with E-state index in [2.05, 4.69) is 29.5 Å². The van der Waals surface area contributed by atoms with E-state index >= 15 is 0 Å². The van der Waals surface area contributed by atoms with Crippen molar-refractivity contribution in [1.29, 1.82) is 0 Å². The highest BCUT2D eigenvalue weighted by atomic mass is 127. The molecule has 0 aliphatic rings. The Morgan fingerprint density at radius 1 is 0.581 bits per heavy atom. The van der Waals surface area contributed by atoms with E-state index in [1.54, 1.807) is 26.5 Å². The fraction of sp³-hybridized carbons (Fsp3) is 0.941. The van der Waals surface area contributed by atoms with Gasteiger partial charge >= 0.3 is 0 Å². The summed E-state index contributed by atoms with van der Waals surface area (Å²) in [6.45, 7) is 6.97. The van der Waals surface area contributed by atoms with E-state index in [0.717, 1.165) is 44.0 Å². The highest BCUT2D eigenvalue weighted by molar-refractivity contribution is 8.76. The molecule has 0 aromatic rings. The van der Waals surface area contributed by atoms with Gasteiger partial charge in [0.15, 0.2) is 0 Å². The molecule has 2 amide bonds. The molecule has 6 nitrogen and oxygen atoms in total. The number of nitrogens with one attached hydrogen (secondary N) is 3. The number of amides is 2.